The fourth-order valence-electron chi connectivity index (χ4n) is 3.12. The number of unbranched alkanes of at least 4 members (excludes halogenated alkanes) is 8. The van der Waals surface area contributed by atoms with Crippen LogP contribution in [0.4, 0.5) is 0 Å². The Bertz CT molecular complexity index is 505. The van der Waals surface area contributed by atoms with Crippen molar-refractivity contribution >= 4 is 11.8 Å². The molecule has 0 radical (unpaired) electrons. The van der Waals surface area contributed by atoms with Gasteiger partial charge in [-0.05, 0) is 31.2 Å². The number of rotatable bonds is 15. The molecule has 1 aromatic carbocycles. The summed E-state index contributed by atoms with van der Waals surface area (Å²) in [6.07, 6.45) is 14.1. The molecule has 1 aromatic rings. The van der Waals surface area contributed by atoms with Gasteiger partial charge in [0, 0.05) is 18.4 Å². The molecule has 146 valence electrons. The molecule has 0 spiro atoms. The van der Waals surface area contributed by atoms with Gasteiger partial charge >= 0.3 is 5.97 Å². The maximum atomic E-state index is 12.2. The molecule has 0 amide bonds. The molecule has 3 heteroatoms. The van der Waals surface area contributed by atoms with Crippen molar-refractivity contribution in [2.75, 3.05) is 7.11 Å². The molecule has 0 heterocycles. The molecule has 0 aliphatic heterocycles. The first-order valence-corrected chi connectivity index (χ1v) is 10.4. The van der Waals surface area contributed by atoms with Crippen LogP contribution in [0.15, 0.2) is 24.3 Å². The highest BCUT2D eigenvalue weighted by Gasteiger charge is 2.07. The molecular weight excluding hydrogens is 324 g/mol. The van der Waals surface area contributed by atoms with E-state index in [9.17, 15) is 9.59 Å². The van der Waals surface area contributed by atoms with Crippen LogP contribution in [0.2, 0.25) is 0 Å². The van der Waals surface area contributed by atoms with Crippen LogP contribution in [-0.2, 0) is 16.0 Å². The molecule has 0 bridgehead atoms. The van der Waals surface area contributed by atoms with E-state index >= 15 is 0 Å². The zero-order valence-corrected chi connectivity index (χ0v) is 16.7. The maximum Gasteiger partial charge on any atom is 0.305 e. The molecule has 3 nitrogen and oxygen atoms in total. The van der Waals surface area contributed by atoms with Gasteiger partial charge in [-0.1, -0.05) is 76.1 Å². The molecule has 0 saturated carbocycles. The number of aryl methyl sites for hydroxylation is 1. The molecule has 0 unspecified atom stereocenters. The SMILES string of the molecule is CCCCCCCCCCc1ccc(C(=O)CCCCC(=O)OC)cc1. The number of carbonyl (C=O) groups excluding carboxylic acids is 2. The van der Waals surface area contributed by atoms with E-state index in [1.165, 1.54) is 64.0 Å². The van der Waals surface area contributed by atoms with Gasteiger partial charge in [0.15, 0.2) is 5.78 Å². The third-order valence-corrected chi connectivity index (χ3v) is 4.86. The second kappa shape index (κ2) is 14.5. The molecule has 0 aromatic heterocycles. The predicted octanol–water partition coefficient (Wildman–Crippen LogP) is 6.29. The van der Waals surface area contributed by atoms with Crippen molar-refractivity contribution in [2.45, 2.75) is 90.4 Å². The quantitative estimate of drug-likeness (QED) is 0.210. The van der Waals surface area contributed by atoms with Crippen LogP contribution >= 0.6 is 0 Å². The van der Waals surface area contributed by atoms with Gasteiger partial charge in [-0.15, -0.1) is 0 Å². The largest absolute Gasteiger partial charge is 0.469 e. The van der Waals surface area contributed by atoms with Crippen molar-refractivity contribution in [3.63, 3.8) is 0 Å². The van der Waals surface area contributed by atoms with E-state index in [4.69, 9.17) is 0 Å². The first-order chi connectivity index (χ1) is 12.7. The second-order valence-electron chi connectivity index (χ2n) is 7.13. The lowest BCUT2D eigenvalue weighted by Gasteiger charge is -2.05. The summed E-state index contributed by atoms with van der Waals surface area (Å²) in [5.74, 6) is -0.0451. The smallest absolute Gasteiger partial charge is 0.305 e. The fourth-order valence-corrected chi connectivity index (χ4v) is 3.12. The highest BCUT2D eigenvalue weighted by molar-refractivity contribution is 5.96. The number of Topliss-reactive ketones (excluding diaryl/α,β-unsaturated/α-hetero) is 1. The minimum Gasteiger partial charge on any atom is -0.469 e. The summed E-state index contributed by atoms with van der Waals surface area (Å²) < 4.78 is 4.60. The van der Waals surface area contributed by atoms with Crippen molar-refractivity contribution in [1.82, 2.24) is 0 Å². The third kappa shape index (κ3) is 10.4. The van der Waals surface area contributed by atoms with Crippen molar-refractivity contribution in [2.24, 2.45) is 0 Å². The number of esters is 1. The van der Waals surface area contributed by atoms with Crippen molar-refractivity contribution in [3.8, 4) is 0 Å². The van der Waals surface area contributed by atoms with Crippen LogP contribution in [-0.4, -0.2) is 18.9 Å². The third-order valence-electron chi connectivity index (χ3n) is 4.86. The highest BCUT2D eigenvalue weighted by atomic mass is 16.5. The van der Waals surface area contributed by atoms with E-state index in [0.717, 1.165) is 18.4 Å². The maximum absolute atomic E-state index is 12.2. The minimum absolute atomic E-state index is 0.161. The van der Waals surface area contributed by atoms with E-state index in [0.29, 0.717) is 19.3 Å². The molecule has 0 fully saturated rings. The second-order valence-corrected chi connectivity index (χ2v) is 7.13. The molecule has 1 rings (SSSR count). The average molecular weight is 361 g/mol. The number of benzene rings is 1. The van der Waals surface area contributed by atoms with E-state index in [2.05, 4.69) is 23.8 Å². The number of carbonyl (C=O) groups is 2. The zero-order valence-electron chi connectivity index (χ0n) is 16.7. The van der Waals surface area contributed by atoms with E-state index in [1.807, 2.05) is 12.1 Å². The lowest BCUT2D eigenvalue weighted by atomic mass is 10.0. The Kier molecular flexibility index (Phi) is 12.5. The summed E-state index contributed by atoms with van der Waals surface area (Å²) in [6, 6.07) is 8.07. The summed E-state index contributed by atoms with van der Waals surface area (Å²) in [5, 5.41) is 0. The van der Waals surface area contributed by atoms with Gasteiger partial charge in [0.05, 0.1) is 7.11 Å². The normalized spacial score (nSPS) is 10.7. The van der Waals surface area contributed by atoms with Crippen LogP contribution in [0.25, 0.3) is 0 Å². The van der Waals surface area contributed by atoms with Crippen molar-refractivity contribution in [1.29, 1.82) is 0 Å². The summed E-state index contributed by atoms with van der Waals surface area (Å²) in [7, 11) is 1.39. The highest BCUT2D eigenvalue weighted by Crippen LogP contribution is 2.14. The summed E-state index contributed by atoms with van der Waals surface area (Å²) in [6.45, 7) is 2.25. The summed E-state index contributed by atoms with van der Waals surface area (Å²) in [5.41, 5.74) is 2.10. The number of ether oxygens (including phenoxy) is 1. The minimum atomic E-state index is -0.206. The molecule has 0 saturated heterocycles. The first-order valence-electron chi connectivity index (χ1n) is 10.4. The molecule has 0 aliphatic carbocycles. The molecule has 0 aliphatic rings. The molecule has 26 heavy (non-hydrogen) atoms. The number of methoxy groups -OCH3 is 1. The van der Waals surface area contributed by atoms with Gasteiger partial charge in [-0.3, -0.25) is 9.59 Å². The summed E-state index contributed by atoms with van der Waals surface area (Å²) in [4.78, 5) is 23.2. The Balaban J connectivity index is 2.16. The van der Waals surface area contributed by atoms with Gasteiger partial charge < -0.3 is 4.74 Å². The Morgan fingerprint density at radius 1 is 0.769 bits per heavy atom. The fraction of sp³-hybridized carbons (Fsp3) is 0.652. The van der Waals surface area contributed by atoms with Crippen molar-refractivity contribution < 1.29 is 14.3 Å². The van der Waals surface area contributed by atoms with Crippen LogP contribution in [0.5, 0.6) is 0 Å². The molecular formula is C23H36O3. The number of hydrogen-bond donors (Lipinski definition) is 0. The van der Waals surface area contributed by atoms with E-state index in [1.54, 1.807) is 0 Å². The Labute approximate surface area is 159 Å². The van der Waals surface area contributed by atoms with Crippen LogP contribution < -0.4 is 0 Å². The van der Waals surface area contributed by atoms with Crippen LogP contribution in [0.3, 0.4) is 0 Å². The van der Waals surface area contributed by atoms with Gasteiger partial charge in [0.2, 0.25) is 0 Å². The standard InChI is InChI=1S/C23H36O3/c1-3-4-5-6-7-8-9-10-13-20-16-18-21(19-17-20)22(24)14-11-12-15-23(25)26-2/h16-19H,3-15H2,1-2H3. The predicted molar refractivity (Wildman–Crippen MR) is 108 cm³/mol. The Morgan fingerprint density at radius 3 is 1.96 bits per heavy atom. The lowest BCUT2D eigenvalue weighted by molar-refractivity contribution is -0.140. The van der Waals surface area contributed by atoms with Gasteiger partial charge in [-0.2, -0.15) is 0 Å². The molecule has 0 atom stereocenters. The Morgan fingerprint density at radius 2 is 1.35 bits per heavy atom. The summed E-state index contributed by atoms with van der Waals surface area (Å²) >= 11 is 0. The monoisotopic (exact) mass is 360 g/mol. The van der Waals surface area contributed by atoms with Gasteiger partial charge in [0.1, 0.15) is 0 Å². The van der Waals surface area contributed by atoms with Gasteiger partial charge in [0.25, 0.3) is 0 Å². The molecule has 0 N–H and O–H groups in total. The van der Waals surface area contributed by atoms with Crippen LogP contribution in [0, 0.1) is 0 Å². The van der Waals surface area contributed by atoms with Gasteiger partial charge in [-0.25, -0.2) is 0 Å². The van der Waals surface area contributed by atoms with Crippen molar-refractivity contribution in [3.05, 3.63) is 35.4 Å². The topological polar surface area (TPSA) is 43.4 Å². The average Bonchev–Trinajstić information content (AvgIpc) is 2.67. The number of hydrogen-bond acceptors (Lipinski definition) is 3. The van der Waals surface area contributed by atoms with Crippen LogP contribution in [0.1, 0.15) is 99.9 Å². The number of ketones is 1. The zero-order chi connectivity index (χ0) is 19.0. The van der Waals surface area contributed by atoms with E-state index in [-0.39, 0.29) is 11.8 Å². The van der Waals surface area contributed by atoms with E-state index < -0.39 is 0 Å². The first kappa shape index (κ1) is 22.4. The lowest BCUT2D eigenvalue weighted by Crippen LogP contribution is -2.02. The Hall–Kier alpha value is -1.64.